The summed E-state index contributed by atoms with van der Waals surface area (Å²) in [7, 11) is 0. The smallest absolute Gasteiger partial charge is 0.308 e. The molecule has 1 heterocycles. The van der Waals surface area contributed by atoms with Gasteiger partial charge in [0.1, 0.15) is 0 Å². The van der Waals surface area contributed by atoms with Crippen LogP contribution in [0.15, 0.2) is 24.3 Å². The van der Waals surface area contributed by atoms with Gasteiger partial charge in [0.05, 0.1) is 5.92 Å². The number of carbonyl (C=O) groups excluding carboxylic acids is 1. The highest BCUT2D eigenvalue weighted by Gasteiger charge is 2.34. The molecule has 0 saturated carbocycles. The topological polar surface area (TPSA) is 57.6 Å². The fraction of sp³-hybridized carbons (Fsp3) is 0.500. The Hall–Kier alpha value is -1.84. The van der Waals surface area contributed by atoms with Crippen molar-refractivity contribution in [3.63, 3.8) is 0 Å². The summed E-state index contributed by atoms with van der Waals surface area (Å²) in [6, 6.07) is 7.58. The van der Waals surface area contributed by atoms with Crippen LogP contribution >= 0.6 is 0 Å². The first kappa shape index (κ1) is 14.6. The summed E-state index contributed by atoms with van der Waals surface area (Å²) in [5, 5.41) is 9.27. The number of aliphatic carboxylic acids is 1. The predicted octanol–water partition coefficient (Wildman–Crippen LogP) is 2.57. The first-order valence-electron chi connectivity index (χ1n) is 7.04. The SMILES string of the molecule is CC(C)C(C)C(=O)N1CC(C(=O)O)Cc2ccccc21. The molecule has 1 aliphatic heterocycles. The van der Waals surface area contributed by atoms with Crippen LogP contribution in [0.1, 0.15) is 26.3 Å². The second-order valence-electron chi connectivity index (χ2n) is 5.85. The lowest BCUT2D eigenvalue weighted by Gasteiger charge is -2.35. The van der Waals surface area contributed by atoms with Crippen molar-refractivity contribution >= 4 is 17.6 Å². The lowest BCUT2D eigenvalue weighted by atomic mass is 9.90. The predicted molar refractivity (Wildman–Crippen MR) is 77.6 cm³/mol. The Labute approximate surface area is 119 Å². The molecule has 108 valence electrons. The van der Waals surface area contributed by atoms with E-state index < -0.39 is 11.9 Å². The first-order valence-corrected chi connectivity index (χ1v) is 7.04. The minimum Gasteiger partial charge on any atom is -0.481 e. The highest BCUT2D eigenvalue weighted by Crippen LogP contribution is 2.31. The molecule has 4 nitrogen and oxygen atoms in total. The average Bonchev–Trinajstić information content (AvgIpc) is 2.44. The molecule has 1 aromatic carbocycles. The normalized spacial score (nSPS) is 19.6. The molecule has 0 saturated heterocycles. The lowest BCUT2D eigenvalue weighted by molar-refractivity contribution is -0.141. The van der Waals surface area contributed by atoms with Crippen LogP contribution in [0.25, 0.3) is 0 Å². The molecular weight excluding hydrogens is 254 g/mol. The lowest BCUT2D eigenvalue weighted by Crippen LogP contribution is -2.45. The minimum absolute atomic E-state index is 0.0124. The Morgan fingerprint density at radius 3 is 2.50 bits per heavy atom. The van der Waals surface area contributed by atoms with Crippen LogP contribution in [0, 0.1) is 17.8 Å². The monoisotopic (exact) mass is 275 g/mol. The number of rotatable bonds is 3. The highest BCUT2D eigenvalue weighted by molar-refractivity contribution is 5.97. The highest BCUT2D eigenvalue weighted by atomic mass is 16.4. The molecule has 4 heteroatoms. The molecule has 1 aromatic rings. The number of nitrogens with zero attached hydrogens (tertiary/aromatic N) is 1. The van der Waals surface area contributed by atoms with Gasteiger partial charge in [0, 0.05) is 18.2 Å². The molecule has 2 rings (SSSR count). The van der Waals surface area contributed by atoms with E-state index in [1.165, 1.54) is 0 Å². The van der Waals surface area contributed by atoms with Crippen molar-refractivity contribution in [2.45, 2.75) is 27.2 Å². The molecule has 2 unspecified atom stereocenters. The fourth-order valence-electron chi connectivity index (χ4n) is 2.50. The van der Waals surface area contributed by atoms with Gasteiger partial charge in [0.2, 0.25) is 5.91 Å². The van der Waals surface area contributed by atoms with Crippen molar-refractivity contribution in [1.82, 2.24) is 0 Å². The summed E-state index contributed by atoms with van der Waals surface area (Å²) in [5.41, 5.74) is 1.80. The molecule has 1 N–H and O–H groups in total. The molecule has 0 spiro atoms. The maximum absolute atomic E-state index is 12.6. The molecule has 2 atom stereocenters. The largest absolute Gasteiger partial charge is 0.481 e. The summed E-state index contributed by atoms with van der Waals surface area (Å²) in [6.45, 7) is 6.18. The van der Waals surface area contributed by atoms with Gasteiger partial charge in [-0.05, 0) is 24.0 Å². The number of carboxylic acid groups (broad SMARTS) is 1. The van der Waals surface area contributed by atoms with E-state index in [9.17, 15) is 14.7 Å². The van der Waals surface area contributed by atoms with E-state index in [1.54, 1.807) is 4.90 Å². The van der Waals surface area contributed by atoms with E-state index in [0.717, 1.165) is 11.3 Å². The summed E-state index contributed by atoms with van der Waals surface area (Å²) in [6.07, 6.45) is 0.491. The van der Waals surface area contributed by atoms with E-state index in [0.29, 0.717) is 6.42 Å². The molecule has 1 amide bonds. The Bertz CT molecular complexity index is 524. The fourth-order valence-corrected chi connectivity index (χ4v) is 2.50. The van der Waals surface area contributed by atoms with Crippen LogP contribution in [-0.4, -0.2) is 23.5 Å². The van der Waals surface area contributed by atoms with E-state index in [1.807, 2.05) is 45.0 Å². The van der Waals surface area contributed by atoms with Crippen molar-refractivity contribution in [3.05, 3.63) is 29.8 Å². The summed E-state index contributed by atoms with van der Waals surface area (Å²) >= 11 is 0. The quantitative estimate of drug-likeness (QED) is 0.922. The Kier molecular flexibility index (Phi) is 4.12. The van der Waals surface area contributed by atoms with Gasteiger partial charge < -0.3 is 10.0 Å². The number of carbonyl (C=O) groups is 2. The molecule has 0 radical (unpaired) electrons. The molecular formula is C16H21NO3. The van der Waals surface area contributed by atoms with Crippen molar-refractivity contribution in [3.8, 4) is 0 Å². The second kappa shape index (κ2) is 5.65. The molecule has 0 bridgehead atoms. The van der Waals surface area contributed by atoms with Crippen LogP contribution in [0.5, 0.6) is 0 Å². The van der Waals surface area contributed by atoms with Gasteiger partial charge in [-0.2, -0.15) is 0 Å². The number of amides is 1. The third kappa shape index (κ3) is 2.69. The number of anilines is 1. The van der Waals surface area contributed by atoms with Gasteiger partial charge in [-0.15, -0.1) is 0 Å². The van der Waals surface area contributed by atoms with Crippen LogP contribution in [-0.2, 0) is 16.0 Å². The number of benzene rings is 1. The first-order chi connectivity index (χ1) is 9.41. The number of para-hydroxylation sites is 1. The van der Waals surface area contributed by atoms with Crippen molar-refractivity contribution in [2.75, 3.05) is 11.4 Å². The van der Waals surface area contributed by atoms with Crippen molar-refractivity contribution in [1.29, 1.82) is 0 Å². The van der Waals surface area contributed by atoms with Gasteiger partial charge in [-0.25, -0.2) is 0 Å². The second-order valence-corrected chi connectivity index (χ2v) is 5.85. The van der Waals surface area contributed by atoms with Crippen LogP contribution in [0.3, 0.4) is 0 Å². The van der Waals surface area contributed by atoms with Crippen LogP contribution in [0.2, 0.25) is 0 Å². The van der Waals surface area contributed by atoms with Gasteiger partial charge in [0.15, 0.2) is 0 Å². The minimum atomic E-state index is -0.838. The summed E-state index contributed by atoms with van der Waals surface area (Å²) in [4.78, 5) is 25.6. The number of fused-ring (bicyclic) bond motifs is 1. The van der Waals surface area contributed by atoms with E-state index in [2.05, 4.69) is 0 Å². The zero-order valence-corrected chi connectivity index (χ0v) is 12.2. The maximum Gasteiger partial charge on any atom is 0.308 e. The van der Waals surface area contributed by atoms with Gasteiger partial charge in [-0.1, -0.05) is 39.0 Å². The number of hydrogen-bond acceptors (Lipinski definition) is 2. The Balaban J connectivity index is 2.36. The van der Waals surface area contributed by atoms with Gasteiger partial charge in [0.25, 0.3) is 0 Å². The Morgan fingerprint density at radius 2 is 1.90 bits per heavy atom. The standard InChI is InChI=1S/C16H21NO3/c1-10(2)11(3)15(18)17-9-13(16(19)20)8-12-6-4-5-7-14(12)17/h4-7,10-11,13H,8-9H2,1-3H3,(H,19,20). The molecule has 1 aliphatic rings. The molecule has 0 fully saturated rings. The summed E-state index contributed by atoms with van der Waals surface area (Å²) in [5.74, 6) is -1.23. The van der Waals surface area contributed by atoms with Crippen molar-refractivity contribution < 1.29 is 14.7 Å². The van der Waals surface area contributed by atoms with Crippen LogP contribution in [0.4, 0.5) is 5.69 Å². The maximum atomic E-state index is 12.6. The van der Waals surface area contributed by atoms with E-state index >= 15 is 0 Å². The van der Waals surface area contributed by atoms with Crippen LogP contribution < -0.4 is 4.90 Å². The molecule has 20 heavy (non-hydrogen) atoms. The van der Waals surface area contributed by atoms with Gasteiger partial charge in [-0.3, -0.25) is 9.59 Å². The number of carboxylic acids is 1. The van der Waals surface area contributed by atoms with Gasteiger partial charge >= 0.3 is 5.97 Å². The average molecular weight is 275 g/mol. The third-order valence-corrected chi connectivity index (χ3v) is 4.16. The number of hydrogen-bond donors (Lipinski definition) is 1. The van der Waals surface area contributed by atoms with E-state index in [-0.39, 0.29) is 24.3 Å². The van der Waals surface area contributed by atoms with Crippen molar-refractivity contribution in [2.24, 2.45) is 17.8 Å². The zero-order chi connectivity index (χ0) is 14.9. The van der Waals surface area contributed by atoms with E-state index in [4.69, 9.17) is 0 Å². The molecule has 0 aliphatic carbocycles. The zero-order valence-electron chi connectivity index (χ0n) is 12.2. The Morgan fingerprint density at radius 1 is 1.25 bits per heavy atom. The third-order valence-electron chi connectivity index (χ3n) is 4.16. The summed E-state index contributed by atoms with van der Waals surface area (Å²) < 4.78 is 0. The molecule has 0 aromatic heterocycles.